The van der Waals surface area contributed by atoms with Gasteiger partial charge in [-0.3, -0.25) is 4.68 Å². The van der Waals surface area contributed by atoms with Gasteiger partial charge in [-0.2, -0.15) is 5.10 Å². The van der Waals surface area contributed by atoms with Crippen LogP contribution in [0.15, 0.2) is 103 Å². The van der Waals surface area contributed by atoms with E-state index in [9.17, 15) is 10.2 Å². The second kappa shape index (κ2) is 14.4. The van der Waals surface area contributed by atoms with Crippen LogP contribution >= 0.6 is 0 Å². The molecule has 0 radical (unpaired) electrons. The predicted molar refractivity (Wildman–Crippen MR) is 140 cm³/mol. The van der Waals surface area contributed by atoms with Crippen molar-refractivity contribution < 1.29 is 24.4 Å². The molecular formula is C30H34N2O5. The molecule has 0 aliphatic carbocycles. The molecule has 3 aromatic carbocycles. The number of hydrogen-bond donors (Lipinski definition) is 2. The first-order chi connectivity index (χ1) is 18.2. The highest BCUT2D eigenvalue weighted by Crippen LogP contribution is 2.28. The maximum atomic E-state index is 11.3. The zero-order chi connectivity index (χ0) is 25.7. The molecule has 0 aliphatic heterocycles. The van der Waals surface area contributed by atoms with E-state index in [1.54, 1.807) is 10.9 Å². The van der Waals surface area contributed by atoms with Gasteiger partial charge in [0, 0.05) is 11.8 Å². The minimum Gasteiger partial charge on any atom is -0.394 e. The zero-order valence-electron chi connectivity index (χ0n) is 20.8. The monoisotopic (exact) mass is 502 g/mol. The zero-order valence-corrected chi connectivity index (χ0v) is 20.8. The number of rotatable bonds is 15. The molecule has 3 atom stereocenters. The lowest BCUT2D eigenvalue weighted by atomic mass is 10.0. The van der Waals surface area contributed by atoms with Crippen LogP contribution in [-0.4, -0.2) is 45.4 Å². The van der Waals surface area contributed by atoms with E-state index in [0.717, 1.165) is 22.3 Å². The van der Waals surface area contributed by atoms with E-state index in [4.69, 9.17) is 14.2 Å². The lowest BCUT2D eigenvalue weighted by molar-refractivity contribution is -0.149. The van der Waals surface area contributed by atoms with Crippen molar-refractivity contribution >= 4 is 0 Å². The Morgan fingerprint density at radius 1 is 0.730 bits per heavy atom. The molecule has 37 heavy (non-hydrogen) atoms. The minimum atomic E-state index is -0.964. The quantitative estimate of drug-likeness (QED) is 0.252. The van der Waals surface area contributed by atoms with Crippen LogP contribution < -0.4 is 0 Å². The van der Waals surface area contributed by atoms with Crippen LogP contribution in [0.1, 0.15) is 28.4 Å². The number of nitrogens with zero attached hydrogens (tertiary/aromatic N) is 2. The number of ether oxygens (including phenoxy) is 3. The standard InChI is InChI=1S/C30H34N2O5/c33-17-16-32-19-27(18-31-32)29(36-21-25-12-6-2-7-13-25)30(37-22-26-14-8-3-9-15-26)28(34)23-35-20-24-10-4-1-5-11-24/h1-15,18-19,28-30,33-34H,16-17,20-23H2/t28-,29+,30-/m1/s1. The maximum absolute atomic E-state index is 11.3. The number of aromatic nitrogens is 2. The molecule has 7 nitrogen and oxygen atoms in total. The van der Waals surface area contributed by atoms with Crippen molar-refractivity contribution in [3.8, 4) is 0 Å². The van der Waals surface area contributed by atoms with E-state index in [2.05, 4.69) is 5.10 Å². The maximum Gasteiger partial charge on any atom is 0.116 e. The van der Waals surface area contributed by atoms with Gasteiger partial charge in [0.1, 0.15) is 18.3 Å². The summed E-state index contributed by atoms with van der Waals surface area (Å²) in [4.78, 5) is 0. The molecule has 0 saturated heterocycles. The van der Waals surface area contributed by atoms with Crippen molar-refractivity contribution in [2.24, 2.45) is 0 Å². The van der Waals surface area contributed by atoms with E-state index in [1.807, 2.05) is 97.2 Å². The average molecular weight is 503 g/mol. The summed E-state index contributed by atoms with van der Waals surface area (Å²) in [5, 5.41) is 25.0. The lowest BCUT2D eigenvalue weighted by Gasteiger charge is -2.31. The summed E-state index contributed by atoms with van der Waals surface area (Å²) >= 11 is 0. The highest BCUT2D eigenvalue weighted by atomic mass is 16.6. The molecule has 0 aliphatic rings. The van der Waals surface area contributed by atoms with Gasteiger partial charge in [-0.15, -0.1) is 0 Å². The first-order valence-electron chi connectivity index (χ1n) is 12.5. The van der Waals surface area contributed by atoms with Crippen LogP contribution in [0, 0.1) is 0 Å². The Morgan fingerprint density at radius 2 is 1.27 bits per heavy atom. The van der Waals surface area contributed by atoms with Gasteiger partial charge in [-0.25, -0.2) is 0 Å². The molecule has 0 bridgehead atoms. The molecule has 4 rings (SSSR count). The summed E-state index contributed by atoms with van der Waals surface area (Å²) in [7, 11) is 0. The fraction of sp³-hybridized carbons (Fsp3) is 0.300. The third-order valence-corrected chi connectivity index (χ3v) is 5.95. The van der Waals surface area contributed by atoms with Gasteiger partial charge in [-0.05, 0) is 16.7 Å². The second-order valence-electron chi connectivity index (χ2n) is 8.81. The minimum absolute atomic E-state index is 0.0272. The fourth-order valence-electron chi connectivity index (χ4n) is 4.03. The van der Waals surface area contributed by atoms with Gasteiger partial charge in [0.05, 0.1) is 45.8 Å². The van der Waals surface area contributed by atoms with Crippen LogP contribution in [0.5, 0.6) is 0 Å². The van der Waals surface area contributed by atoms with Crippen LogP contribution in [0.4, 0.5) is 0 Å². The molecule has 0 unspecified atom stereocenters. The van der Waals surface area contributed by atoms with E-state index in [-0.39, 0.29) is 13.2 Å². The number of aliphatic hydroxyl groups excluding tert-OH is 2. The van der Waals surface area contributed by atoms with Gasteiger partial charge >= 0.3 is 0 Å². The molecule has 0 spiro atoms. The molecule has 1 heterocycles. The Balaban J connectivity index is 1.54. The van der Waals surface area contributed by atoms with Crippen LogP contribution in [0.25, 0.3) is 0 Å². The summed E-state index contributed by atoms with van der Waals surface area (Å²) in [6, 6.07) is 29.5. The van der Waals surface area contributed by atoms with Gasteiger partial charge in [0.2, 0.25) is 0 Å². The molecule has 7 heteroatoms. The van der Waals surface area contributed by atoms with Crippen molar-refractivity contribution in [2.75, 3.05) is 13.2 Å². The smallest absolute Gasteiger partial charge is 0.116 e. The Hall–Kier alpha value is -3.33. The fourth-order valence-corrected chi connectivity index (χ4v) is 4.03. The first kappa shape index (κ1) is 26.7. The van der Waals surface area contributed by atoms with E-state index in [0.29, 0.717) is 26.4 Å². The topological polar surface area (TPSA) is 86.0 Å². The Bertz CT molecular complexity index is 1150. The summed E-state index contributed by atoms with van der Waals surface area (Å²) in [6.07, 6.45) is 1.21. The van der Waals surface area contributed by atoms with Crippen molar-refractivity contribution in [1.29, 1.82) is 0 Å². The Labute approximate surface area is 217 Å². The number of aliphatic hydroxyl groups is 2. The van der Waals surface area contributed by atoms with Crippen LogP contribution in [0.3, 0.4) is 0 Å². The van der Waals surface area contributed by atoms with Crippen molar-refractivity contribution in [2.45, 2.75) is 44.7 Å². The highest BCUT2D eigenvalue weighted by molar-refractivity contribution is 5.17. The SMILES string of the molecule is OCCn1cc([C@H](OCc2ccccc2)[C@H](OCc2ccccc2)[C@H](O)COCc2ccccc2)cn1. The summed E-state index contributed by atoms with van der Waals surface area (Å²) in [6.45, 7) is 1.43. The third-order valence-electron chi connectivity index (χ3n) is 5.95. The third kappa shape index (κ3) is 8.35. The van der Waals surface area contributed by atoms with Crippen molar-refractivity contribution in [3.05, 3.63) is 126 Å². The molecular weight excluding hydrogens is 468 g/mol. The summed E-state index contributed by atoms with van der Waals surface area (Å²) in [5.41, 5.74) is 3.78. The molecule has 1 aromatic heterocycles. The Morgan fingerprint density at radius 3 is 1.84 bits per heavy atom. The van der Waals surface area contributed by atoms with Gasteiger partial charge in [-0.1, -0.05) is 91.0 Å². The van der Waals surface area contributed by atoms with E-state index >= 15 is 0 Å². The van der Waals surface area contributed by atoms with Gasteiger partial charge in [0.25, 0.3) is 0 Å². The van der Waals surface area contributed by atoms with Crippen molar-refractivity contribution in [1.82, 2.24) is 9.78 Å². The molecule has 0 amide bonds. The molecule has 0 saturated carbocycles. The average Bonchev–Trinajstić information content (AvgIpc) is 3.40. The number of hydrogen-bond acceptors (Lipinski definition) is 6. The van der Waals surface area contributed by atoms with E-state index < -0.39 is 18.3 Å². The molecule has 2 N–H and O–H groups in total. The van der Waals surface area contributed by atoms with Crippen LogP contribution in [0.2, 0.25) is 0 Å². The van der Waals surface area contributed by atoms with E-state index in [1.165, 1.54) is 0 Å². The van der Waals surface area contributed by atoms with Crippen molar-refractivity contribution in [3.63, 3.8) is 0 Å². The highest BCUT2D eigenvalue weighted by Gasteiger charge is 2.33. The molecule has 0 fully saturated rings. The summed E-state index contributed by atoms with van der Waals surface area (Å²) < 4.78 is 20.2. The largest absolute Gasteiger partial charge is 0.394 e. The second-order valence-corrected chi connectivity index (χ2v) is 8.81. The van der Waals surface area contributed by atoms with Crippen LogP contribution in [-0.2, 0) is 40.6 Å². The lowest BCUT2D eigenvalue weighted by Crippen LogP contribution is -2.39. The predicted octanol–water partition coefficient (Wildman–Crippen LogP) is 4.30. The molecule has 4 aromatic rings. The Kier molecular flexibility index (Phi) is 10.4. The summed E-state index contributed by atoms with van der Waals surface area (Å²) in [5.74, 6) is 0. The molecule has 194 valence electrons. The number of benzene rings is 3. The first-order valence-corrected chi connectivity index (χ1v) is 12.5. The normalized spacial score (nSPS) is 13.8. The van der Waals surface area contributed by atoms with Gasteiger partial charge < -0.3 is 24.4 Å². The van der Waals surface area contributed by atoms with Gasteiger partial charge in [0.15, 0.2) is 0 Å².